The number of rotatable bonds is 6. The van der Waals surface area contributed by atoms with Crippen LogP contribution in [-0.4, -0.2) is 57.1 Å². The zero-order valence-electron chi connectivity index (χ0n) is 15.5. The van der Waals surface area contributed by atoms with E-state index < -0.39 is 0 Å². The van der Waals surface area contributed by atoms with Crippen LogP contribution < -0.4 is 14.5 Å². The highest BCUT2D eigenvalue weighted by Crippen LogP contribution is 2.29. The number of carbonyl (C=O) groups excluding carboxylic acids is 2. The SMILES string of the molecule is COc1cc(N2CCN(C(=O)CN(C=O)c3ccc(I)cc3)CC2)ccc1Cl. The monoisotopic (exact) mass is 513 g/mol. The van der Waals surface area contributed by atoms with Crippen LogP contribution in [0.3, 0.4) is 0 Å². The lowest BCUT2D eigenvalue weighted by atomic mass is 10.2. The summed E-state index contributed by atoms with van der Waals surface area (Å²) in [6, 6.07) is 13.2. The maximum absolute atomic E-state index is 12.7. The molecule has 2 amide bonds. The third kappa shape index (κ3) is 4.88. The second-order valence-corrected chi connectivity index (χ2v) is 8.05. The van der Waals surface area contributed by atoms with Gasteiger partial charge in [0.05, 0.1) is 12.1 Å². The molecule has 148 valence electrons. The van der Waals surface area contributed by atoms with Gasteiger partial charge in [-0.2, -0.15) is 0 Å². The maximum atomic E-state index is 12.7. The molecule has 1 aliphatic heterocycles. The molecule has 0 unspecified atom stereocenters. The fourth-order valence-corrected chi connectivity index (χ4v) is 3.68. The van der Waals surface area contributed by atoms with Crippen molar-refractivity contribution < 1.29 is 14.3 Å². The number of benzene rings is 2. The molecule has 2 aromatic rings. The van der Waals surface area contributed by atoms with E-state index in [1.807, 2.05) is 42.5 Å². The van der Waals surface area contributed by atoms with E-state index in [4.69, 9.17) is 16.3 Å². The van der Waals surface area contributed by atoms with Gasteiger partial charge in [-0.05, 0) is 59.0 Å². The first-order valence-corrected chi connectivity index (χ1v) is 10.3. The first-order valence-electron chi connectivity index (χ1n) is 8.85. The van der Waals surface area contributed by atoms with Gasteiger partial charge in [-0.15, -0.1) is 0 Å². The van der Waals surface area contributed by atoms with E-state index in [0.717, 1.165) is 14.9 Å². The third-order valence-corrected chi connectivity index (χ3v) is 5.75. The second-order valence-electron chi connectivity index (χ2n) is 6.40. The van der Waals surface area contributed by atoms with Gasteiger partial charge in [-0.25, -0.2) is 0 Å². The zero-order valence-corrected chi connectivity index (χ0v) is 18.4. The number of hydrogen-bond acceptors (Lipinski definition) is 4. The Morgan fingerprint density at radius 3 is 2.46 bits per heavy atom. The number of anilines is 2. The number of ether oxygens (including phenoxy) is 1. The summed E-state index contributed by atoms with van der Waals surface area (Å²) in [5, 5.41) is 0.574. The molecule has 1 saturated heterocycles. The minimum atomic E-state index is -0.0565. The molecule has 1 heterocycles. The van der Waals surface area contributed by atoms with Crippen LogP contribution in [0.25, 0.3) is 0 Å². The molecule has 3 rings (SSSR count). The largest absolute Gasteiger partial charge is 0.495 e. The Morgan fingerprint density at radius 2 is 1.86 bits per heavy atom. The summed E-state index contributed by atoms with van der Waals surface area (Å²) in [5.41, 5.74) is 1.73. The molecule has 0 N–H and O–H groups in total. The van der Waals surface area contributed by atoms with E-state index in [9.17, 15) is 9.59 Å². The number of hydrogen-bond donors (Lipinski definition) is 0. The van der Waals surface area contributed by atoms with Crippen molar-refractivity contribution in [3.8, 4) is 5.75 Å². The lowest BCUT2D eigenvalue weighted by molar-refractivity contribution is -0.130. The summed E-state index contributed by atoms with van der Waals surface area (Å²) in [6.07, 6.45) is 0.705. The average molecular weight is 514 g/mol. The molecule has 6 nitrogen and oxygen atoms in total. The van der Waals surface area contributed by atoms with Crippen LogP contribution in [0.15, 0.2) is 42.5 Å². The van der Waals surface area contributed by atoms with E-state index in [0.29, 0.717) is 43.4 Å². The fourth-order valence-electron chi connectivity index (χ4n) is 3.13. The summed E-state index contributed by atoms with van der Waals surface area (Å²) < 4.78 is 6.36. The molecule has 0 aliphatic carbocycles. The number of nitrogens with zero attached hydrogens (tertiary/aromatic N) is 3. The van der Waals surface area contributed by atoms with Gasteiger partial charge in [0.15, 0.2) is 0 Å². The van der Waals surface area contributed by atoms with Crippen molar-refractivity contribution in [1.29, 1.82) is 0 Å². The number of carbonyl (C=O) groups is 2. The highest BCUT2D eigenvalue weighted by atomic mass is 127. The Balaban J connectivity index is 1.58. The van der Waals surface area contributed by atoms with E-state index in [1.54, 1.807) is 12.0 Å². The van der Waals surface area contributed by atoms with Crippen molar-refractivity contribution in [2.45, 2.75) is 0 Å². The molecular formula is C20H21ClIN3O3. The molecule has 0 aromatic heterocycles. The predicted octanol–water partition coefficient (Wildman–Crippen LogP) is 3.26. The fraction of sp³-hybridized carbons (Fsp3) is 0.300. The van der Waals surface area contributed by atoms with Gasteiger partial charge in [0.25, 0.3) is 0 Å². The van der Waals surface area contributed by atoms with Gasteiger partial charge in [0.1, 0.15) is 12.3 Å². The summed E-state index contributed by atoms with van der Waals surface area (Å²) in [6.45, 7) is 2.66. The molecular weight excluding hydrogens is 493 g/mol. The number of halogens is 2. The number of methoxy groups -OCH3 is 1. The van der Waals surface area contributed by atoms with Crippen LogP contribution in [0.2, 0.25) is 5.02 Å². The van der Waals surface area contributed by atoms with Crippen molar-refractivity contribution in [2.75, 3.05) is 49.6 Å². The van der Waals surface area contributed by atoms with Crippen LogP contribution in [0, 0.1) is 3.57 Å². The van der Waals surface area contributed by atoms with Crippen LogP contribution >= 0.6 is 34.2 Å². The Labute approximate surface area is 183 Å². The number of piperazine rings is 1. The maximum Gasteiger partial charge on any atom is 0.242 e. The summed E-state index contributed by atoms with van der Waals surface area (Å²) in [5.74, 6) is 0.579. The standard InChI is InChI=1S/C20H21ClIN3O3/c1-28-19-12-17(6-7-18(19)21)23-8-10-24(11-9-23)20(27)13-25(14-26)16-4-2-15(22)3-5-16/h2-7,12,14H,8-11,13H2,1H3. The molecule has 0 bridgehead atoms. The summed E-state index contributed by atoms with van der Waals surface area (Å²) in [4.78, 5) is 29.6. The van der Waals surface area contributed by atoms with Gasteiger partial charge in [0.2, 0.25) is 12.3 Å². The molecule has 28 heavy (non-hydrogen) atoms. The van der Waals surface area contributed by atoms with Gasteiger partial charge in [-0.1, -0.05) is 11.6 Å². The molecule has 1 fully saturated rings. The minimum Gasteiger partial charge on any atom is -0.495 e. The summed E-state index contributed by atoms with van der Waals surface area (Å²) >= 11 is 8.29. The minimum absolute atomic E-state index is 0.0405. The summed E-state index contributed by atoms with van der Waals surface area (Å²) in [7, 11) is 1.59. The molecule has 0 atom stereocenters. The van der Waals surface area contributed by atoms with Crippen molar-refractivity contribution >= 4 is 57.9 Å². The van der Waals surface area contributed by atoms with E-state index in [2.05, 4.69) is 27.5 Å². The van der Waals surface area contributed by atoms with Gasteiger partial charge in [-0.3, -0.25) is 9.59 Å². The molecule has 1 aliphatic rings. The lowest BCUT2D eigenvalue weighted by Gasteiger charge is -2.36. The third-order valence-electron chi connectivity index (χ3n) is 4.72. The van der Waals surface area contributed by atoms with Crippen molar-refractivity contribution in [2.24, 2.45) is 0 Å². The molecule has 0 radical (unpaired) electrons. The Morgan fingerprint density at radius 1 is 1.18 bits per heavy atom. The predicted molar refractivity (Wildman–Crippen MR) is 119 cm³/mol. The second kappa shape index (κ2) is 9.47. The highest BCUT2D eigenvalue weighted by molar-refractivity contribution is 14.1. The van der Waals surface area contributed by atoms with Crippen LogP contribution in [0.1, 0.15) is 0 Å². The molecule has 0 spiro atoms. The van der Waals surface area contributed by atoms with Crippen molar-refractivity contribution in [3.05, 3.63) is 51.1 Å². The first-order chi connectivity index (χ1) is 13.5. The van der Waals surface area contributed by atoms with E-state index in [-0.39, 0.29) is 12.5 Å². The number of amides is 2. The van der Waals surface area contributed by atoms with Crippen molar-refractivity contribution in [1.82, 2.24) is 4.90 Å². The van der Waals surface area contributed by atoms with Gasteiger partial charge < -0.3 is 19.4 Å². The average Bonchev–Trinajstić information content (AvgIpc) is 2.73. The van der Waals surface area contributed by atoms with Gasteiger partial charge >= 0.3 is 0 Å². The Hall–Kier alpha value is -2.00. The molecule has 2 aromatic carbocycles. The van der Waals surface area contributed by atoms with Crippen LogP contribution in [0.4, 0.5) is 11.4 Å². The highest BCUT2D eigenvalue weighted by Gasteiger charge is 2.23. The van der Waals surface area contributed by atoms with E-state index >= 15 is 0 Å². The van der Waals surface area contributed by atoms with Crippen LogP contribution in [0.5, 0.6) is 5.75 Å². The van der Waals surface area contributed by atoms with Crippen LogP contribution in [-0.2, 0) is 9.59 Å². The molecule has 8 heteroatoms. The normalized spacial score (nSPS) is 14.0. The smallest absolute Gasteiger partial charge is 0.242 e. The quantitative estimate of drug-likeness (QED) is 0.440. The Kier molecular flexibility index (Phi) is 7.01. The topological polar surface area (TPSA) is 53.1 Å². The Bertz CT molecular complexity index is 839. The van der Waals surface area contributed by atoms with Crippen molar-refractivity contribution in [3.63, 3.8) is 0 Å². The zero-order chi connectivity index (χ0) is 20.1. The molecule has 0 saturated carbocycles. The van der Waals surface area contributed by atoms with Gasteiger partial charge in [0, 0.05) is 47.2 Å². The lowest BCUT2D eigenvalue weighted by Crippen LogP contribution is -2.51. The van der Waals surface area contributed by atoms with E-state index in [1.165, 1.54) is 4.90 Å². The first kappa shape index (κ1) is 20.7.